The normalized spacial score (nSPS) is 20.0. The van der Waals surface area contributed by atoms with E-state index < -0.39 is 0 Å². The van der Waals surface area contributed by atoms with Gasteiger partial charge in [0.15, 0.2) is 0 Å². The van der Waals surface area contributed by atoms with E-state index in [-0.39, 0.29) is 23.3 Å². The Morgan fingerprint density at radius 3 is 2.26 bits per heavy atom. The van der Waals surface area contributed by atoms with Gasteiger partial charge in [-0.15, -0.1) is 0 Å². The number of carbonyl (C=O) groups is 2. The Balaban J connectivity index is 1.88. The molecule has 0 spiro atoms. The summed E-state index contributed by atoms with van der Waals surface area (Å²) in [5.41, 5.74) is 7.12. The van der Waals surface area contributed by atoms with Gasteiger partial charge in [-0.2, -0.15) is 0 Å². The van der Waals surface area contributed by atoms with E-state index in [1.165, 1.54) is 0 Å². The molecular weight excluding hydrogens is 290 g/mol. The van der Waals surface area contributed by atoms with Gasteiger partial charge in [0.2, 0.25) is 5.91 Å². The van der Waals surface area contributed by atoms with E-state index in [0.29, 0.717) is 18.0 Å². The average molecular weight is 317 g/mol. The van der Waals surface area contributed by atoms with E-state index in [1.807, 2.05) is 13.8 Å². The van der Waals surface area contributed by atoms with Gasteiger partial charge in [-0.3, -0.25) is 9.59 Å². The number of hydrogen-bond acceptors (Lipinski definition) is 3. The fourth-order valence-electron chi connectivity index (χ4n) is 2.49. The van der Waals surface area contributed by atoms with Crippen molar-refractivity contribution < 1.29 is 9.59 Å². The van der Waals surface area contributed by atoms with Crippen molar-refractivity contribution in [3.05, 3.63) is 29.8 Å². The van der Waals surface area contributed by atoms with Crippen LogP contribution in [0.5, 0.6) is 0 Å². The molecule has 0 saturated heterocycles. The minimum absolute atomic E-state index is 0.0634. The topological polar surface area (TPSA) is 84.2 Å². The average Bonchev–Trinajstić information content (AvgIpc) is 3.30. The first-order valence-electron chi connectivity index (χ1n) is 8.36. The Labute approximate surface area is 138 Å². The molecule has 1 saturated carbocycles. The molecule has 2 amide bonds. The lowest BCUT2D eigenvalue weighted by atomic mass is 9.94. The first-order valence-corrected chi connectivity index (χ1v) is 8.36. The fourth-order valence-corrected chi connectivity index (χ4v) is 2.49. The van der Waals surface area contributed by atoms with Crippen LogP contribution in [-0.4, -0.2) is 23.9 Å². The molecule has 0 heterocycles. The quantitative estimate of drug-likeness (QED) is 0.722. The molecule has 126 valence electrons. The van der Waals surface area contributed by atoms with Crippen LogP contribution in [0.15, 0.2) is 24.3 Å². The van der Waals surface area contributed by atoms with E-state index >= 15 is 0 Å². The number of hydrogen-bond donors (Lipinski definition) is 3. The van der Waals surface area contributed by atoms with E-state index in [2.05, 4.69) is 17.6 Å². The third-order valence-electron chi connectivity index (χ3n) is 4.87. The minimum Gasteiger partial charge on any atom is -0.350 e. The molecule has 0 aliphatic heterocycles. The SMILES string of the molecule is CCC(N)(CC)CNC(=O)c1ccc(NC(=O)C2CC2C)cc1. The summed E-state index contributed by atoms with van der Waals surface area (Å²) in [7, 11) is 0. The first-order chi connectivity index (χ1) is 10.9. The number of carbonyl (C=O) groups excluding carboxylic acids is 2. The second-order valence-electron chi connectivity index (χ2n) is 6.64. The Bertz CT molecular complexity index is 564. The molecule has 23 heavy (non-hydrogen) atoms. The zero-order valence-electron chi connectivity index (χ0n) is 14.2. The molecule has 0 aromatic heterocycles. The highest BCUT2D eigenvalue weighted by molar-refractivity contribution is 5.97. The second kappa shape index (κ2) is 7.13. The van der Waals surface area contributed by atoms with E-state index in [4.69, 9.17) is 5.73 Å². The molecule has 1 fully saturated rings. The zero-order valence-corrected chi connectivity index (χ0v) is 14.2. The van der Waals surface area contributed by atoms with Gasteiger partial charge in [0.25, 0.3) is 5.91 Å². The monoisotopic (exact) mass is 317 g/mol. The highest BCUT2D eigenvalue weighted by Crippen LogP contribution is 2.38. The summed E-state index contributed by atoms with van der Waals surface area (Å²) in [6.07, 6.45) is 2.59. The maximum atomic E-state index is 12.2. The van der Waals surface area contributed by atoms with Crippen molar-refractivity contribution in [2.24, 2.45) is 17.6 Å². The van der Waals surface area contributed by atoms with Gasteiger partial charge < -0.3 is 16.4 Å². The van der Waals surface area contributed by atoms with Crippen molar-refractivity contribution >= 4 is 17.5 Å². The number of anilines is 1. The molecule has 1 aromatic rings. The summed E-state index contributed by atoms with van der Waals surface area (Å²) in [6.45, 7) is 6.57. The van der Waals surface area contributed by atoms with Crippen LogP contribution < -0.4 is 16.4 Å². The third-order valence-corrected chi connectivity index (χ3v) is 4.87. The van der Waals surface area contributed by atoms with Gasteiger partial charge in [-0.1, -0.05) is 20.8 Å². The van der Waals surface area contributed by atoms with Crippen molar-refractivity contribution in [1.29, 1.82) is 0 Å². The Morgan fingerprint density at radius 1 is 1.22 bits per heavy atom. The molecule has 2 atom stereocenters. The summed E-state index contributed by atoms with van der Waals surface area (Å²) < 4.78 is 0. The summed E-state index contributed by atoms with van der Waals surface area (Å²) in [6, 6.07) is 6.96. The number of rotatable bonds is 7. The van der Waals surface area contributed by atoms with Crippen molar-refractivity contribution in [3.8, 4) is 0 Å². The van der Waals surface area contributed by atoms with Gasteiger partial charge in [0.05, 0.1) is 0 Å². The number of nitrogens with two attached hydrogens (primary N) is 1. The van der Waals surface area contributed by atoms with Gasteiger partial charge >= 0.3 is 0 Å². The summed E-state index contributed by atoms with van der Waals surface area (Å²) >= 11 is 0. The van der Waals surface area contributed by atoms with Crippen LogP contribution in [0.2, 0.25) is 0 Å². The van der Waals surface area contributed by atoms with Gasteiger partial charge in [0.1, 0.15) is 0 Å². The largest absolute Gasteiger partial charge is 0.350 e. The second-order valence-corrected chi connectivity index (χ2v) is 6.64. The van der Waals surface area contributed by atoms with Crippen LogP contribution in [0.4, 0.5) is 5.69 Å². The molecule has 2 rings (SSSR count). The molecule has 2 unspecified atom stereocenters. The van der Waals surface area contributed by atoms with Crippen LogP contribution in [-0.2, 0) is 4.79 Å². The lowest BCUT2D eigenvalue weighted by molar-refractivity contribution is -0.117. The maximum Gasteiger partial charge on any atom is 0.251 e. The summed E-state index contributed by atoms with van der Waals surface area (Å²) in [5, 5.41) is 5.77. The van der Waals surface area contributed by atoms with E-state index in [0.717, 1.165) is 24.9 Å². The van der Waals surface area contributed by atoms with Crippen LogP contribution in [0.25, 0.3) is 0 Å². The highest BCUT2D eigenvalue weighted by Gasteiger charge is 2.39. The molecular formula is C18H27N3O2. The van der Waals surface area contributed by atoms with Crippen molar-refractivity contribution in [2.45, 2.75) is 45.6 Å². The lowest BCUT2D eigenvalue weighted by Gasteiger charge is -2.26. The van der Waals surface area contributed by atoms with E-state index in [9.17, 15) is 9.59 Å². The van der Waals surface area contributed by atoms with Crippen molar-refractivity contribution in [1.82, 2.24) is 5.32 Å². The number of benzene rings is 1. The predicted molar refractivity (Wildman–Crippen MR) is 92.2 cm³/mol. The minimum atomic E-state index is -0.357. The molecule has 5 heteroatoms. The van der Waals surface area contributed by atoms with Gasteiger partial charge in [-0.05, 0) is 49.4 Å². The molecule has 0 radical (unpaired) electrons. The van der Waals surface area contributed by atoms with Crippen LogP contribution in [0, 0.1) is 11.8 Å². The first kappa shape index (κ1) is 17.5. The molecule has 1 aliphatic rings. The molecule has 5 nitrogen and oxygen atoms in total. The van der Waals surface area contributed by atoms with Crippen LogP contribution >= 0.6 is 0 Å². The Kier molecular flexibility index (Phi) is 5.42. The number of amides is 2. The Morgan fingerprint density at radius 2 is 1.78 bits per heavy atom. The molecule has 0 bridgehead atoms. The van der Waals surface area contributed by atoms with Crippen LogP contribution in [0.1, 0.15) is 50.4 Å². The van der Waals surface area contributed by atoms with Gasteiger partial charge in [0, 0.05) is 29.3 Å². The van der Waals surface area contributed by atoms with E-state index in [1.54, 1.807) is 24.3 Å². The van der Waals surface area contributed by atoms with Crippen LogP contribution in [0.3, 0.4) is 0 Å². The molecule has 4 N–H and O–H groups in total. The molecule has 1 aliphatic carbocycles. The number of nitrogens with one attached hydrogen (secondary N) is 2. The highest BCUT2D eigenvalue weighted by atomic mass is 16.2. The van der Waals surface area contributed by atoms with Crippen molar-refractivity contribution in [3.63, 3.8) is 0 Å². The lowest BCUT2D eigenvalue weighted by Crippen LogP contribution is -2.49. The maximum absolute atomic E-state index is 12.2. The smallest absolute Gasteiger partial charge is 0.251 e. The zero-order chi connectivity index (χ0) is 17.0. The summed E-state index contributed by atoms with van der Waals surface area (Å²) in [4.78, 5) is 24.0. The van der Waals surface area contributed by atoms with Crippen molar-refractivity contribution in [2.75, 3.05) is 11.9 Å². The molecule has 1 aromatic carbocycles. The van der Waals surface area contributed by atoms with Gasteiger partial charge in [-0.25, -0.2) is 0 Å². The summed E-state index contributed by atoms with van der Waals surface area (Å²) in [5.74, 6) is 0.538. The fraction of sp³-hybridized carbons (Fsp3) is 0.556. The predicted octanol–water partition coefficient (Wildman–Crippen LogP) is 2.53. The standard InChI is InChI=1S/C18H27N3O2/c1-4-18(19,5-2)11-20-16(22)13-6-8-14(9-7-13)21-17(23)15-10-12(15)3/h6-9,12,15H,4-5,10-11,19H2,1-3H3,(H,20,22)(H,21,23). The Hall–Kier alpha value is -1.88. The third kappa shape index (κ3) is 4.55.